The Morgan fingerprint density at radius 1 is 1.30 bits per heavy atom. The van der Waals surface area contributed by atoms with Crippen LogP contribution >= 0.6 is 11.6 Å². The van der Waals surface area contributed by atoms with Crippen molar-refractivity contribution in [1.29, 1.82) is 0 Å². The normalized spacial score (nSPS) is 14.1. The molecule has 1 aromatic heterocycles. The molecule has 0 amide bonds. The Labute approximate surface area is 126 Å². The highest BCUT2D eigenvalue weighted by atomic mass is 35.5. The second kappa shape index (κ2) is 5.62. The second-order valence-electron chi connectivity index (χ2n) is 5.66. The molecule has 0 bridgehead atoms. The average Bonchev–Trinajstić information content (AvgIpc) is 2.35. The maximum atomic E-state index is 11.9. The van der Waals surface area contributed by atoms with Crippen LogP contribution in [0.15, 0.2) is 28.7 Å². The minimum absolute atomic E-state index is 0.371. The predicted octanol–water partition coefficient (Wildman–Crippen LogP) is 4.08. The minimum atomic E-state index is -1.30. The van der Waals surface area contributed by atoms with E-state index in [2.05, 4.69) is 9.38 Å². The fourth-order valence-electron chi connectivity index (χ4n) is 1.64. The lowest BCUT2D eigenvalue weighted by Gasteiger charge is -2.12. The number of nitrogens with zero attached hydrogens (tertiary/aromatic N) is 2. The van der Waals surface area contributed by atoms with Crippen LogP contribution in [0.4, 0.5) is 0 Å². The van der Waals surface area contributed by atoms with Gasteiger partial charge in [-0.15, -0.1) is 0 Å². The maximum Gasteiger partial charge on any atom is 0.144 e. The molecule has 0 N–H and O–H groups in total. The third-order valence-corrected chi connectivity index (χ3v) is 4.41. The van der Waals surface area contributed by atoms with Crippen molar-refractivity contribution in [3.05, 3.63) is 40.5 Å². The van der Waals surface area contributed by atoms with Crippen LogP contribution in [0.1, 0.15) is 31.9 Å². The van der Waals surface area contributed by atoms with Crippen molar-refractivity contribution in [3.63, 3.8) is 0 Å². The monoisotopic (exact) mass is 308 g/mol. The first-order valence-electron chi connectivity index (χ1n) is 6.30. The molecular formula is C15H17ClN2OS. The molecule has 0 fully saturated rings. The molecule has 0 spiro atoms. The fraction of sp³-hybridized carbons (Fsp3) is 0.333. The third-order valence-electron chi connectivity index (χ3n) is 2.76. The summed E-state index contributed by atoms with van der Waals surface area (Å²) in [5.41, 5.74) is 2.68. The Morgan fingerprint density at radius 3 is 2.65 bits per heavy atom. The highest BCUT2D eigenvalue weighted by molar-refractivity contribution is 7.85. The Kier molecular flexibility index (Phi) is 4.25. The van der Waals surface area contributed by atoms with Crippen molar-refractivity contribution < 1.29 is 4.21 Å². The summed E-state index contributed by atoms with van der Waals surface area (Å²) in [5, 5.41) is 1.37. The summed E-state index contributed by atoms with van der Waals surface area (Å²) in [5.74, 6) is 0. The highest BCUT2D eigenvalue weighted by Crippen LogP contribution is 2.21. The first kappa shape index (κ1) is 15.1. The van der Waals surface area contributed by atoms with E-state index in [1.807, 2.05) is 52.0 Å². The fourth-order valence-corrected chi connectivity index (χ4v) is 2.36. The summed E-state index contributed by atoms with van der Waals surface area (Å²) in [6.07, 6.45) is 1.54. The molecular weight excluding hydrogens is 292 g/mol. The molecule has 0 saturated heterocycles. The van der Waals surface area contributed by atoms with E-state index >= 15 is 0 Å². The van der Waals surface area contributed by atoms with Gasteiger partial charge in [0, 0.05) is 17.2 Å². The standard InChI is InChI=1S/C15H17ClN2OS/c1-10-5-6-13-11(7-10)8-12(14(16)18-13)9-17-20(19)15(2,3)4/h5-9H,1-4H3/b17-9+. The summed E-state index contributed by atoms with van der Waals surface area (Å²) < 4.78 is 15.6. The first-order valence-corrected chi connectivity index (χ1v) is 7.79. The zero-order chi connectivity index (χ0) is 14.9. The van der Waals surface area contributed by atoms with Crippen LogP contribution < -0.4 is 0 Å². The molecule has 0 aliphatic rings. The quantitative estimate of drug-likeness (QED) is 0.620. The lowest BCUT2D eigenvalue weighted by Crippen LogP contribution is -2.19. The predicted molar refractivity (Wildman–Crippen MR) is 87.0 cm³/mol. The van der Waals surface area contributed by atoms with Crippen LogP contribution in [0.2, 0.25) is 5.15 Å². The average molecular weight is 309 g/mol. The van der Waals surface area contributed by atoms with Crippen LogP contribution in [0.3, 0.4) is 0 Å². The molecule has 20 heavy (non-hydrogen) atoms. The Balaban J connectivity index is 2.42. The summed E-state index contributed by atoms with van der Waals surface area (Å²) >= 11 is 6.14. The van der Waals surface area contributed by atoms with Gasteiger partial charge in [0.1, 0.15) is 16.1 Å². The van der Waals surface area contributed by atoms with Crippen LogP contribution in [0.25, 0.3) is 10.9 Å². The van der Waals surface area contributed by atoms with E-state index in [0.29, 0.717) is 10.7 Å². The van der Waals surface area contributed by atoms with Crippen LogP contribution in [0, 0.1) is 6.92 Å². The van der Waals surface area contributed by atoms with Crippen molar-refractivity contribution in [2.75, 3.05) is 0 Å². The number of fused-ring (bicyclic) bond motifs is 1. The Morgan fingerprint density at radius 2 is 2.00 bits per heavy atom. The van der Waals surface area contributed by atoms with Gasteiger partial charge in [0.25, 0.3) is 0 Å². The van der Waals surface area contributed by atoms with E-state index in [1.165, 1.54) is 0 Å². The molecule has 0 aliphatic heterocycles. The molecule has 1 unspecified atom stereocenters. The van der Waals surface area contributed by atoms with E-state index in [1.54, 1.807) is 6.21 Å². The first-order chi connectivity index (χ1) is 9.27. The second-order valence-corrected chi connectivity index (χ2v) is 7.95. The van der Waals surface area contributed by atoms with Crippen molar-refractivity contribution in [2.24, 2.45) is 4.40 Å². The number of halogens is 1. The summed E-state index contributed by atoms with van der Waals surface area (Å²) in [6.45, 7) is 7.66. The number of hydrogen-bond acceptors (Lipinski definition) is 2. The van der Waals surface area contributed by atoms with Gasteiger partial charge in [-0.3, -0.25) is 0 Å². The molecule has 0 saturated carbocycles. The molecule has 3 nitrogen and oxygen atoms in total. The molecule has 106 valence electrons. The van der Waals surface area contributed by atoms with Crippen LogP contribution in [-0.4, -0.2) is 20.2 Å². The van der Waals surface area contributed by atoms with E-state index in [-0.39, 0.29) is 4.75 Å². The summed E-state index contributed by atoms with van der Waals surface area (Å²) in [4.78, 5) is 4.33. The van der Waals surface area contributed by atoms with Crippen LogP contribution in [-0.2, 0) is 11.0 Å². The molecule has 2 rings (SSSR count). The molecule has 0 radical (unpaired) electrons. The van der Waals surface area contributed by atoms with Gasteiger partial charge in [-0.2, -0.15) is 4.40 Å². The molecule has 1 atom stereocenters. The smallest absolute Gasteiger partial charge is 0.144 e. The lowest BCUT2D eigenvalue weighted by atomic mass is 10.1. The number of rotatable bonds is 2. The van der Waals surface area contributed by atoms with Gasteiger partial charge < -0.3 is 0 Å². The number of hydrogen-bond donors (Lipinski definition) is 0. The van der Waals surface area contributed by atoms with Crippen molar-refractivity contribution in [3.8, 4) is 0 Å². The van der Waals surface area contributed by atoms with Crippen molar-refractivity contribution >= 4 is 39.7 Å². The molecule has 5 heteroatoms. The van der Waals surface area contributed by atoms with Crippen molar-refractivity contribution in [2.45, 2.75) is 32.4 Å². The van der Waals surface area contributed by atoms with Crippen molar-refractivity contribution in [1.82, 2.24) is 4.98 Å². The maximum absolute atomic E-state index is 11.9. The SMILES string of the molecule is Cc1ccc2nc(Cl)c(/C=N/S(=O)C(C)(C)C)cc2c1. The zero-order valence-electron chi connectivity index (χ0n) is 12.0. The molecule has 0 aliphatic carbocycles. The van der Waals surface area contributed by atoms with E-state index in [9.17, 15) is 4.21 Å². The van der Waals surface area contributed by atoms with Gasteiger partial charge in [-0.1, -0.05) is 23.2 Å². The van der Waals surface area contributed by atoms with Gasteiger partial charge >= 0.3 is 0 Å². The summed E-state index contributed by atoms with van der Waals surface area (Å²) in [7, 11) is -1.30. The molecule has 2 aromatic rings. The van der Waals surface area contributed by atoms with E-state index in [0.717, 1.165) is 16.5 Å². The van der Waals surface area contributed by atoms with Gasteiger partial charge in [0.05, 0.1) is 10.3 Å². The van der Waals surface area contributed by atoms with Gasteiger partial charge in [-0.05, 0) is 45.9 Å². The Hall–Kier alpha value is -1.26. The zero-order valence-corrected chi connectivity index (χ0v) is 13.5. The minimum Gasteiger partial charge on any atom is -0.235 e. The topological polar surface area (TPSA) is 42.3 Å². The summed E-state index contributed by atoms with van der Waals surface area (Å²) in [6, 6.07) is 7.89. The number of pyridine rings is 1. The van der Waals surface area contributed by atoms with Gasteiger partial charge in [0.15, 0.2) is 0 Å². The lowest BCUT2D eigenvalue weighted by molar-refractivity contribution is 0.651. The number of benzene rings is 1. The third kappa shape index (κ3) is 3.44. The molecule has 1 heterocycles. The molecule has 1 aromatic carbocycles. The largest absolute Gasteiger partial charge is 0.235 e. The van der Waals surface area contributed by atoms with Gasteiger partial charge in [0.2, 0.25) is 0 Å². The van der Waals surface area contributed by atoms with E-state index in [4.69, 9.17) is 11.6 Å². The van der Waals surface area contributed by atoms with Crippen LogP contribution in [0.5, 0.6) is 0 Å². The highest BCUT2D eigenvalue weighted by Gasteiger charge is 2.18. The number of aromatic nitrogens is 1. The number of aryl methyl sites for hydroxylation is 1. The van der Waals surface area contributed by atoms with Gasteiger partial charge in [-0.25, -0.2) is 9.19 Å². The van der Waals surface area contributed by atoms with E-state index < -0.39 is 11.0 Å². The Bertz CT molecular complexity index is 705.